The lowest BCUT2D eigenvalue weighted by molar-refractivity contribution is -0.0892. The first-order valence-corrected chi connectivity index (χ1v) is 9.27. The molecule has 1 aromatic rings. The second-order valence-corrected chi connectivity index (χ2v) is 7.33. The van der Waals surface area contributed by atoms with Crippen LogP contribution >= 0.6 is 0 Å². The van der Waals surface area contributed by atoms with E-state index in [1.165, 1.54) is 6.42 Å². The summed E-state index contributed by atoms with van der Waals surface area (Å²) in [6.07, 6.45) is 4.91. The van der Waals surface area contributed by atoms with Crippen molar-refractivity contribution in [3.63, 3.8) is 0 Å². The van der Waals surface area contributed by atoms with Crippen LogP contribution in [0.4, 0.5) is 0 Å². The molecule has 0 aromatic carbocycles. The third-order valence-electron chi connectivity index (χ3n) is 5.51. The Morgan fingerprint density at radius 1 is 1.25 bits per heavy atom. The Morgan fingerprint density at radius 3 is 2.92 bits per heavy atom. The van der Waals surface area contributed by atoms with Gasteiger partial charge in [-0.25, -0.2) is 0 Å². The average molecular weight is 336 g/mol. The number of hydrogen-bond acceptors (Lipinski definition) is 6. The zero-order chi connectivity index (χ0) is 16.4. The predicted octanol–water partition coefficient (Wildman–Crippen LogP) is 2.16. The van der Waals surface area contributed by atoms with Crippen molar-refractivity contribution in [3.8, 4) is 0 Å². The molecule has 134 valence electrons. The van der Waals surface area contributed by atoms with Crippen molar-refractivity contribution >= 4 is 0 Å². The maximum atomic E-state index is 6.32. The molecular formula is C18H28N2O4. The number of fused-ring (bicyclic) bond motifs is 1. The summed E-state index contributed by atoms with van der Waals surface area (Å²) in [6.45, 7) is 7.11. The third kappa shape index (κ3) is 3.67. The fraction of sp³-hybridized carbons (Fsp3) is 0.833. The molecule has 3 atom stereocenters. The van der Waals surface area contributed by atoms with Gasteiger partial charge in [0.2, 0.25) is 0 Å². The Morgan fingerprint density at radius 2 is 2.12 bits per heavy atom. The minimum absolute atomic E-state index is 0.172. The molecule has 4 heterocycles. The number of aryl methyl sites for hydroxylation is 1. The molecule has 0 saturated carbocycles. The predicted molar refractivity (Wildman–Crippen MR) is 87.7 cm³/mol. The minimum atomic E-state index is 0.172. The Balaban J connectivity index is 1.37. The molecule has 0 amide bonds. The molecule has 0 radical (unpaired) electrons. The van der Waals surface area contributed by atoms with Gasteiger partial charge < -0.3 is 18.7 Å². The smallest absolute Gasteiger partial charge is 0.133 e. The topological polar surface area (TPSA) is 57.0 Å². The monoisotopic (exact) mass is 336 g/mol. The van der Waals surface area contributed by atoms with E-state index in [2.05, 4.69) is 10.1 Å². The van der Waals surface area contributed by atoms with E-state index in [0.29, 0.717) is 12.0 Å². The summed E-state index contributed by atoms with van der Waals surface area (Å²) >= 11 is 0. The SMILES string of the molecule is Cc1cc(CN2C[C@@H](OCC3CCOCC3)[C@H]3OCCC[C@H]32)no1. The second-order valence-electron chi connectivity index (χ2n) is 7.33. The van der Waals surface area contributed by atoms with E-state index in [9.17, 15) is 0 Å². The molecule has 0 N–H and O–H groups in total. The maximum Gasteiger partial charge on any atom is 0.133 e. The number of rotatable bonds is 5. The number of aromatic nitrogens is 1. The summed E-state index contributed by atoms with van der Waals surface area (Å²) in [7, 11) is 0. The molecule has 3 aliphatic rings. The lowest BCUT2D eigenvalue weighted by Crippen LogP contribution is -2.42. The van der Waals surface area contributed by atoms with E-state index in [4.69, 9.17) is 18.7 Å². The van der Waals surface area contributed by atoms with Crippen molar-refractivity contribution in [2.45, 2.75) is 57.4 Å². The highest BCUT2D eigenvalue weighted by Gasteiger charge is 2.44. The van der Waals surface area contributed by atoms with Crippen molar-refractivity contribution in [3.05, 3.63) is 17.5 Å². The first-order valence-electron chi connectivity index (χ1n) is 9.27. The van der Waals surface area contributed by atoms with Gasteiger partial charge in [-0.1, -0.05) is 5.16 Å². The highest BCUT2D eigenvalue weighted by Crippen LogP contribution is 2.32. The standard InChI is InChI=1S/C18H28N2O4/c1-13-9-15(19-24-13)10-20-11-17(18-16(20)3-2-6-22-18)23-12-14-4-7-21-8-5-14/h9,14,16-18H,2-8,10-12H2,1H3/t16-,17-,18+/m1/s1. The zero-order valence-corrected chi connectivity index (χ0v) is 14.5. The molecule has 1 aromatic heterocycles. The Kier molecular flexibility index (Phi) is 5.17. The van der Waals surface area contributed by atoms with E-state index >= 15 is 0 Å². The van der Waals surface area contributed by atoms with Gasteiger partial charge in [-0.15, -0.1) is 0 Å². The van der Waals surface area contributed by atoms with Crippen LogP contribution in [0.2, 0.25) is 0 Å². The first kappa shape index (κ1) is 16.5. The third-order valence-corrected chi connectivity index (χ3v) is 5.51. The fourth-order valence-electron chi connectivity index (χ4n) is 4.21. The molecule has 0 unspecified atom stereocenters. The van der Waals surface area contributed by atoms with Crippen LogP contribution in [-0.4, -0.2) is 61.3 Å². The highest BCUT2D eigenvalue weighted by atomic mass is 16.5. The zero-order valence-electron chi connectivity index (χ0n) is 14.5. The number of ether oxygens (including phenoxy) is 3. The van der Waals surface area contributed by atoms with Crippen LogP contribution in [0.15, 0.2) is 10.6 Å². The molecule has 0 aliphatic carbocycles. The van der Waals surface area contributed by atoms with Crippen LogP contribution in [0, 0.1) is 12.8 Å². The van der Waals surface area contributed by atoms with E-state index in [-0.39, 0.29) is 12.2 Å². The largest absolute Gasteiger partial charge is 0.381 e. The van der Waals surface area contributed by atoms with Crippen LogP contribution in [-0.2, 0) is 20.8 Å². The van der Waals surface area contributed by atoms with Gasteiger partial charge in [0, 0.05) is 45.0 Å². The van der Waals surface area contributed by atoms with Crippen molar-refractivity contribution in [1.29, 1.82) is 0 Å². The van der Waals surface area contributed by atoms with Gasteiger partial charge in [-0.05, 0) is 38.5 Å². The van der Waals surface area contributed by atoms with Crippen molar-refractivity contribution in [2.75, 3.05) is 33.0 Å². The number of nitrogens with zero attached hydrogens (tertiary/aromatic N) is 2. The molecule has 6 heteroatoms. The van der Waals surface area contributed by atoms with Gasteiger partial charge in [0.05, 0.1) is 18.4 Å². The first-order chi connectivity index (χ1) is 11.8. The highest BCUT2D eigenvalue weighted by molar-refractivity contribution is 5.06. The van der Waals surface area contributed by atoms with Crippen molar-refractivity contribution in [1.82, 2.24) is 10.1 Å². The molecular weight excluding hydrogens is 308 g/mol. The number of hydrogen-bond donors (Lipinski definition) is 0. The van der Waals surface area contributed by atoms with Crippen molar-refractivity contribution < 1.29 is 18.7 Å². The van der Waals surface area contributed by atoms with E-state index < -0.39 is 0 Å². The summed E-state index contributed by atoms with van der Waals surface area (Å²) in [5.74, 6) is 1.50. The van der Waals surface area contributed by atoms with E-state index in [1.54, 1.807) is 0 Å². The molecule has 3 saturated heterocycles. The molecule has 0 bridgehead atoms. The normalized spacial score (nSPS) is 32.1. The van der Waals surface area contributed by atoms with Crippen LogP contribution in [0.5, 0.6) is 0 Å². The minimum Gasteiger partial charge on any atom is -0.381 e. The maximum absolute atomic E-state index is 6.32. The fourth-order valence-corrected chi connectivity index (χ4v) is 4.21. The van der Waals surface area contributed by atoms with Gasteiger partial charge in [-0.2, -0.15) is 0 Å². The lowest BCUT2D eigenvalue weighted by atomic mass is 10.0. The van der Waals surface area contributed by atoms with E-state index in [1.807, 2.05) is 13.0 Å². The van der Waals surface area contributed by atoms with E-state index in [0.717, 1.165) is 70.2 Å². The van der Waals surface area contributed by atoms with Crippen LogP contribution in [0.3, 0.4) is 0 Å². The molecule has 0 spiro atoms. The molecule has 6 nitrogen and oxygen atoms in total. The van der Waals surface area contributed by atoms with Crippen LogP contribution < -0.4 is 0 Å². The molecule has 3 fully saturated rings. The summed E-state index contributed by atoms with van der Waals surface area (Å²) in [5, 5.41) is 4.15. The summed E-state index contributed by atoms with van der Waals surface area (Å²) in [5.41, 5.74) is 1.00. The van der Waals surface area contributed by atoms with Gasteiger partial charge >= 0.3 is 0 Å². The average Bonchev–Trinajstić information content (AvgIpc) is 3.18. The van der Waals surface area contributed by atoms with Crippen LogP contribution in [0.25, 0.3) is 0 Å². The van der Waals surface area contributed by atoms with Gasteiger partial charge in [0.15, 0.2) is 0 Å². The summed E-state index contributed by atoms with van der Waals surface area (Å²) in [4.78, 5) is 2.47. The van der Waals surface area contributed by atoms with Gasteiger partial charge in [0.25, 0.3) is 0 Å². The van der Waals surface area contributed by atoms with Gasteiger partial charge in [-0.3, -0.25) is 4.90 Å². The summed E-state index contributed by atoms with van der Waals surface area (Å²) in [6, 6.07) is 2.46. The summed E-state index contributed by atoms with van der Waals surface area (Å²) < 4.78 is 23.1. The number of likely N-dealkylation sites (tertiary alicyclic amines) is 1. The van der Waals surface area contributed by atoms with Crippen LogP contribution in [0.1, 0.15) is 37.1 Å². The van der Waals surface area contributed by atoms with Crippen molar-refractivity contribution in [2.24, 2.45) is 5.92 Å². The quantitative estimate of drug-likeness (QED) is 0.821. The second kappa shape index (κ2) is 7.52. The molecule has 3 aliphatic heterocycles. The van der Waals surface area contributed by atoms with Gasteiger partial charge in [0.1, 0.15) is 11.9 Å². The molecule has 24 heavy (non-hydrogen) atoms. The Labute approximate surface area is 143 Å². The lowest BCUT2D eigenvalue weighted by Gasteiger charge is -2.32. The Bertz CT molecular complexity index is 529. The Hall–Kier alpha value is -0.950. The molecule has 4 rings (SSSR count).